The Kier molecular flexibility index (Phi) is 4.95. The van der Waals surface area contributed by atoms with Crippen molar-refractivity contribution in [3.05, 3.63) is 23.4 Å². The summed E-state index contributed by atoms with van der Waals surface area (Å²) in [7, 11) is 0. The van der Waals surface area contributed by atoms with E-state index in [0.29, 0.717) is 12.5 Å². The van der Waals surface area contributed by atoms with Crippen LogP contribution in [0.5, 0.6) is 0 Å². The van der Waals surface area contributed by atoms with Gasteiger partial charge in [-0.1, -0.05) is 0 Å². The van der Waals surface area contributed by atoms with E-state index in [1.807, 2.05) is 13.0 Å². The summed E-state index contributed by atoms with van der Waals surface area (Å²) in [6.07, 6.45) is 2.18. The molecular weight excluding hydrogens is 252 g/mol. The zero-order valence-corrected chi connectivity index (χ0v) is 12.4. The third-order valence-corrected chi connectivity index (χ3v) is 3.81. The molecule has 0 aliphatic carbocycles. The highest BCUT2D eigenvalue weighted by molar-refractivity contribution is 5.72. The van der Waals surface area contributed by atoms with Crippen LogP contribution in [-0.2, 0) is 11.3 Å². The maximum Gasteiger partial charge on any atom is 0.216 e. The van der Waals surface area contributed by atoms with Crippen LogP contribution >= 0.6 is 0 Å². The van der Waals surface area contributed by atoms with Gasteiger partial charge in [0.1, 0.15) is 5.82 Å². The van der Waals surface area contributed by atoms with Crippen LogP contribution in [-0.4, -0.2) is 30.5 Å². The van der Waals surface area contributed by atoms with E-state index in [1.165, 1.54) is 0 Å². The number of nitrogens with two attached hydrogens (primary N) is 1. The summed E-state index contributed by atoms with van der Waals surface area (Å²) in [6, 6.07) is 4.12. The smallest absolute Gasteiger partial charge is 0.216 e. The lowest BCUT2D eigenvalue weighted by atomic mass is 9.96. The Morgan fingerprint density at radius 2 is 2.15 bits per heavy atom. The molecular formula is C15H24N4O. The molecule has 1 aliphatic rings. The number of nitrogens with one attached hydrogen (secondary N) is 1. The van der Waals surface area contributed by atoms with Crippen molar-refractivity contribution in [2.45, 2.75) is 33.2 Å². The Hall–Kier alpha value is -1.62. The molecule has 1 aliphatic heterocycles. The SMILES string of the molecule is CC(=O)NCC1CCN(c2cc(CN)cc(C)n2)CC1. The van der Waals surface area contributed by atoms with Crippen LogP contribution in [0.3, 0.4) is 0 Å². The maximum absolute atomic E-state index is 10.9. The number of amides is 1. The van der Waals surface area contributed by atoms with E-state index in [1.54, 1.807) is 6.92 Å². The minimum atomic E-state index is 0.0559. The van der Waals surface area contributed by atoms with Gasteiger partial charge in [-0.25, -0.2) is 4.98 Å². The fraction of sp³-hybridized carbons (Fsp3) is 0.600. The first-order chi connectivity index (χ1) is 9.58. The van der Waals surface area contributed by atoms with Gasteiger partial charge in [0.15, 0.2) is 0 Å². The zero-order chi connectivity index (χ0) is 14.5. The molecule has 5 heteroatoms. The highest BCUT2D eigenvalue weighted by Crippen LogP contribution is 2.22. The quantitative estimate of drug-likeness (QED) is 0.867. The van der Waals surface area contributed by atoms with E-state index in [-0.39, 0.29) is 5.91 Å². The number of anilines is 1. The summed E-state index contributed by atoms with van der Waals surface area (Å²) < 4.78 is 0. The van der Waals surface area contributed by atoms with Crippen LogP contribution in [0.4, 0.5) is 5.82 Å². The van der Waals surface area contributed by atoms with Crippen molar-refractivity contribution in [3.63, 3.8) is 0 Å². The average molecular weight is 276 g/mol. The van der Waals surface area contributed by atoms with Gasteiger partial charge in [-0.05, 0) is 43.4 Å². The fourth-order valence-corrected chi connectivity index (χ4v) is 2.66. The Balaban J connectivity index is 1.93. The number of piperidine rings is 1. The first-order valence-corrected chi connectivity index (χ1v) is 7.25. The minimum Gasteiger partial charge on any atom is -0.357 e. The molecule has 0 bridgehead atoms. The molecule has 1 aromatic heterocycles. The Labute approximate surface area is 120 Å². The largest absolute Gasteiger partial charge is 0.357 e. The van der Waals surface area contributed by atoms with Gasteiger partial charge in [0, 0.05) is 38.8 Å². The maximum atomic E-state index is 10.9. The van der Waals surface area contributed by atoms with Gasteiger partial charge < -0.3 is 16.0 Å². The number of aromatic nitrogens is 1. The van der Waals surface area contributed by atoms with Crippen molar-refractivity contribution in [1.82, 2.24) is 10.3 Å². The number of hydrogen-bond donors (Lipinski definition) is 2. The molecule has 0 aromatic carbocycles. The van der Waals surface area contributed by atoms with E-state index in [0.717, 1.165) is 49.6 Å². The molecule has 20 heavy (non-hydrogen) atoms. The fourth-order valence-electron chi connectivity index (χ4n) is 2.66. The molecule has 0 atom stereocenters. The lowest BCUT2D eigenvalue weighted by Crippen LogP contribution is -2.38. The van der Waals surface area contributed by atoms with Crippen LogP contribution in [0.2, 0.25) is 0 Å². The van der Waals surface area contributed by atoms with Gasteiger partial charge >= 0.3 is 0 Å². The first-order valence-electron chi connectivity index (χ1n) is 7.25. The van der Waals surface area contributed by atoms with Crippen molar-refractivity contribution in [1.29, 1.82) is 0 Å². The Bertz CT molecular complexity index is 467. The van der Waals surface area contributed by atoms with Crippen molar-refractivity contribution >= 4 is 11.7 Å². The molecule has 110 valence electrons. The minimum absolute atomic E-state index is 0.0559. The average Bonchev–Trinajstić information content (AvgIpc) is 2.45. The van der Waals surface area contributed by atoms with Crippen LogP contribution in [0.25, 0.3) is 0 Å². The molecule has 5 nitrogen and oxygen atoms in total. The highest BCUT2D eigenvalue weighted by Gasteiger charge is 2.20. The van der Waals surface area contributed by atoms with Gasteiger partial charge in [-0.3, -0.25) is 4.79 Å². The second-order valence-corrected chi connectivity index (χ2v) is 5.55. The van der Waals surface area contributed by atoms with E-state index < -0.39 is 0 Å². The van der Waals surface area contributed by atoms with Crippen LogP contribution in [0, 0.1) is 12.8 Å². The molecule has 2 rings (SSSR count). The number of nitrogens with zero attached hydrogens (tertiary/aromatic N) is 2. The molecule has 2 heterocycles. The van der Waals surface area contributed by atoms with Gasteiger partial charge in [-0.15, -0.1) is 0 Å². The molecule has 0 unspecified atom stereocenters. The van der Waals surface area contributed by atoms with Crippen molar-refractivity contribution in [2.75, 3.05) is 24.5 Å². The standard InChI is InChI=1S/C15H24N4O/c1-11-7-14(9-16)8-15(18-11)19-5-3-13(4-6-19)10-17-12(2)20/h7-8,13H,3-6,9-10,16H2,1-2H3,(H,17,20). The predicted molar refractivity (Wildman–Crippen MR) is 80.5 cm³/mol. The first kappa shape index (κ1) is 14.8. The van der Waals surface area contributed by atoms with Crippen LogP contribution < -0.4 is 16.0 Å². The third-order valence-electron chi connectivity index (χ3n) is 3.81. The van der Waals surface area contributed by atoms with E-state index in [9.17, 15) is 4.79 Å². The number of hydrogen-bond acceptors (Lipinski definition) is 4. The second-order valence-electron chi connectivity index (χ2n) is 5.55. The van der Waals surface area contributed by atoms with E-state index in [4.69, 9.17) is 5.73 Å². The predicted octanol–water partition coefficient (Wildman–Crippen LogP) is 1.20. The molecule has 1 aromatic rings. The lowest BCUT2D eigenvalue weighted by Gasteiger charge is -2.33. The number of rotatable bonds is 4. The molecule has 3 N–H and O–H groups in total. The van der Waals surface area contributed by atoms with E-state index >= 15 is 0 Å². The van der Waals surface area contributed by atoms with Crippen molar-refractivity contribution in [3.8, 4) is 0 Å². The highest BCUT2D eigenvalue weighted by atomic mass is 16.1. The Morgan fingerprint density at radius 3 is 2.75 bits per heavy atom. The summed E-state index contributed by atoms with van der Waals surface area (Å²) in [5.74, 6) is 1.66. The van der Waals surface area contributed by atoms with Gasteiger partial charge in [0.25, 0.3) is 0 Å². The summed E-state index contributed by atoms with van der Waals surface area (Å²) in [6.45, 7) is 6.90. The molecule has 1 saturated heterocycles. The van der Waals surface area contributed by atoms with Crippen molar-refractivity contribution < 1.29 is 4.79 Å². The zero-order valence-electron chi connectivity index (χ0n) is 12.4. The monoisotopic (exact) mass is 276 g/mol. The number of carbonyl (C=O) groups excluding carboxylic acids is 1. The van der Waals surface area contributed by atoms with Gasteiger partial charge in [-0.2, -0.15) is 0 Å². The molecule has 1 amide bonds. The summed E-state index contributed by atoms with van der Waals surface area (Å²) in [5, 5.41) is 2.91. The summed E-state index contributed by atoms with van der Waals surface area (Å²) in [4.78, 5) is 17.9. The van der Waals surface area contributed by atoms with Crippen LogP contribution in [0.15, 0.2) is 12.1 Å². The van der Waals surface area contributed by atoms with Crippen LogP contribution in [0.1, 0.15) is 31.0 Å². The lowest BCUT2D eigenvalue weighted by molar-refractivity contribution is -0.119. The topological polar surface area (TPSA) is 71.2 Å². The second kappa shape index (κ2) is 6.70. The molecule has 0 spiro atoms. The van der Waals surface area contributed by atoms with E-state index in [2.05, 4.69) is 21.3 Å². The molecule has 1 fully saturated rings. The third kappa shape index (κ3) is 3.93. The normalized spacial score (nSPS) is 16.2. The Morgan fingerprint density at radius 1 is 1.45 bits per heavy atom. The van der Waals surface area contributed by atoms with Gasteiger partial charge in [0.2, 0.25) is 5.91 Å². The van der Waals surface area contributed by atoms with Crippen molar-refractivity contribution in [2.24, 2.45) is 11.7 Å². The van der Waals surface area contributed by atoms with Gasteiger partial charge in [0.05, 0.1) is 0 Å². The number of carbonyl (C=O) groups is 1. The number of pyridine rings is 1. The molecule has 0 saturated carbocycles. The molecule has 0 radical (unpaired) electrons. The number of aryl methyl sites for hydroxylation is 1. The summed E-state index contributed by atoms with van der Waals surface area (Å²) >= 11 is 0. The summed E-state index contributed by atoms with van der Waals surface area (Å²) in [5.41, 5.74) is 7.87.